The largest absolute Gasteiger partial charge is 0.478 e. The maximum Gasteiger partial charge on any atom is 0.328 e. The predicted molar refractivity (Wildman–Crippen MR) is 81.5 cm³/mol. The Morgan fingerprint density at radius 3 is 2.71 bits per heavy atom. The van der Waals surface area contributed by atoms with E-state index in [2.05, 4.69) is 6.92 Å². The summed E-state index contributed by atoms with van der Waals surface area (Å²) in [5, 5.41) is 8.57. The minimum absolute atomic E-state index is 0.347. The van der Waals surface area contributed by atoms with Crippen molar-refractivity contribution in [2.45, 2.75) is 45.6 Å². The van der Waals surface area contributed by atoms with Crippen LogP contribution in [-0.2, 0) is 16.1 Å². The third kappa shape index (κ3) is 8.25. The Bertz CT molecular complexity index is 469. The van der Waals surface area contributed by atoms with Gasteiger partial charge in [0.1, 0.15) is 5.82 Å². The van der Waals surface area contributed by atoms with Crippen LogP contribution in [0.25, 0.3) is 6.08 Å². The molecule has 0 fully saturated rings. The smallest absolute Gasteiger partial charge is 0.328 e. The van der Waals surface area contributed by atoms with Crippen molar-refractivity contribution in [2.24, 2.45) is 0 Å². The lowest BCUT2D eigenvalue weighted by Gasteiger charge is -2.06. The van der Waals surface area contributed by atoms with E-state index in [1.165, 1.54) is 37.5 Å². The van der Waals surface area contributed by atoms with Crippen LogP contribution < -0.4 is 0 Å². The fourth-order valence-electron chi connectivity index (χ4n) is 2.02. The fourth-order valence-corrected chi connectivity index (χ4v) is 2.02. The molecule has 1 aromatic carbocycles. The normalized spacial score (nSPS) is 11.1. The number of ether oxygens (including phenoxy) is 1. The second-order valence-corrected chi connectivity index (χ2v) is 5.03. The number of hydrogen-bond acceptors (Lipinski definition) is 2. The van der Waals surface area contributed by atoms with Gasteiger partial charge < -0.3 is 9.84 Å². The van der Waals surface area contributed by atoms with Gasteiger partial charge in [0, 0.05) is 12.7 Å². The molecule has 0 aliphatic rings. The van der Waals surface area contributed by atoms with Gasteiger partial charge in [-0.3, -0.25) is 0 Å². The van der Waals surface area contributed by atoms with Gasteiger partial charge in [0.15, 0.2) is 0 Å². The molecule has 0 saturated heterocycles. The van der Waals surface area contributed by atoms with Crippen LogP contribution in [-0.4, -0.2) is 17.7 Å². The summed E-state index contributed by atoms with van der Waals surface area (Å²) in [7, 11) is 0. The average Bonchev–Trinajstić information content (AvgIpc) is 2.44. The third-order valence-corrected chi connectivity index (χ3v) is 3.06. The Morgan fingerprint density at radius 2 is 2.00 bits per heavy atom. The Hall–Kier alpha value is -1.68. The van der Waals surface area contributed by atoms with Crippen LogP contribution in [0.1, 0.15) is 50.2 Å². The van der Waals surface area contributed by atoms with Gasteiger partial charge in [-0.1, -0.05) is 32.6 Å². The summed E-state index contributed by atoms with van der Waals surface area (Å²) in [4.78, 5) is 10.5. The maximum absolute atomic E-state index is 13.4. The van der Waals surface area contributed by atoms with Crippen molar-refractivity contribution in [3.63, 3.8) is 0 Å². The molecule has 0 aliphatic heterocycles. The van der Waals surface area contributed by atoms with Gasteiger partial charge in [0.2, 0.25) is 0 Å². The van der Waals surface area contributed by atoms with Crippen molar-refractivity contribution in [3.05, 3.63) is 41.2 Å². The minimum atomic E-state index is -1.05. The first-order valence-corrected chi connectivity index (χ1v) is 7.40. The van der Waals surface area contributed by atoms with Crippen LogP contribution in [0.4, 0.5) is 4.39 Å². The Morgan fingerprint density at radius 1 is 1.24 bits per heavy atom. The molecule has 0 bridgehead atoms. The van der Waals surface area contributed by atoms with Gasteiger partial charge in [0.05, 0.1) is 6.61 Å². The van der Waals surface area contributed by atoms with Crippen molar-refractivity contribution < 1.29 is 19.0 Å². The summed E-state index contributed by atoms with van der Waals surface area (Å²) >= 11 is 0. The van der Waals surface area contributed by atoms with Gasteiger partial charge in [0.25, 0.3) is 0 Å². The summed E-state index contributed by atoms with van der Waals surface area (Å²) in [5.41, 5.74) is 1.24. The maximum atomic E-state index is 13.4. The van der Waals surface area contributed by atoms with Gasteiger partial charge in [-0.2, -0.15) is 0 Å². The zero-order valence-electron chi connectivity index (χ0n) is 12.5. The number of hydrogen-bond donors (Lipinski definition) is 1. The summed E-state index contributed by atoms with van der Waals surface area (Å²) in [6, 6.07) is 4.45. The van der Waals surface area contributed by atoms with Crippen molar-refractivity contribution in [2.75, 3.05) is 6.61 Å². The molecule has 116 valence electrons. The van der Waals surface area contributed by atoms with E-state index in [1.807, 2.05) is 0 Å². The number of carbonyl (C=O) groups is 1. The number of unbranched alkanes of at least 4 members (excludes halogenated alkanes) is 4. The van der Waals surface area contributed by atoms with Crippen molar-refractivity contribution in [1.82, 2.24) is 0 Å². The van der Waals surface area contributed by atoms with E-state index >= 15 is 0 Å². The van der Waals surface area contributed by atoms with E-state index in [0.29, 0.717) is 24.3 Å². The number of carboxylic acids is 1. The first kappa shape index (κ1) is 17.4. The second kappa shape index (κ2) is 10.1. The molecule has 21 heavy (non-hydrogen) atoms. The van der Waals surface area contributed by atoms with Gasteiger partial charge in [-0.05, 0) is 41.8 Å². The quantitative estimate of drug-likeness (QED) is 0.513. The lowest BCUT2D eigenvalue weighted by molar-refractivity contribution is -0.131. The number of rotatable bonds is 10. The predicted octanol–water partition coefficient (Wildman–Crippen LogP) is 4.41. The summed E-state index contributed by atoms with van der Waals surface area (Å²) < 4.78 is 19.0. The molecule has 0 heterocycles. The Labute approximate surface area is 125 Å². The number of halogens is 1. The van der Waals surface area contributed by atoms with E-state index in [4.69, 9.17) is 9.84 Å². The zero-order valence-corrected chi connectivity index (χ0v) is 12.5. The molecule has 1 N–H and O–H groups in total. The van der Waals surface area contributed by atoms with E-state index in [9.17, 15) is 9.18 Å². The molecule has 0 aromatic heterocycles. The molecule has 0 spiro atoms. The van der Waals surface area contributed by atoms with Crippen molar-refractivity contribution in [3.8, 4) is 0 Å². The molecule has 1 aromatic rings. The van der Waals surface area contributed by atoms with E-state index in [-0.39, 0.29) is 5.82 Å². The molecule has 0 radical (unpaired) electrons. The van der Waals surface area contributed by atoms with E-state index < -0.39 is 5.97 Å². The minimum Gasteiger partial charge on any atom is -0.478 e. The highest BCUT2D eigenvalue weighted by atomic mass is 19.1. The van der Waals surface area contributed by atoms with Crippen LogP contribution in [0.15, 0.2) is 24.3 Å². The zero-order chi connectivity index (χ0) is 15.5. The molecule has 0 unspecified atom stereocenters. The molecular formula is C17H23FO3. The van der Waals surface area contributed by atoms with Crippen molar-refractivity contribution in [1.29, 1.82) is 0 Å². The van der Waals surface area contributed by atoms with E-state index in [0.717, 1.165) is 18.9 Å². The molecule has 0 saturated carbocycles. The number of aliphatic carboxylic acids is 1. The highest BCUT2D eigenvalue weighted by Gasteiger charge is 2.00. The molecule has 3 nitrogen and oxygen atoms in total. The Kier molecular flexibility index (Phi) is 8.36. The highest BCUT2D eigenvalue weighted by Crippen LogP contribution is 2.12. The molecule has 4 heteroatoms. The van der Waals surface area contributed by atoms with Gasteiger partial charge >= 0.3 is 5.97 Å². The van der Waals surface area contributed by atoms with Crippen LogP contribution >= 0.6 is 0 Å². The standard InChI is InChI=1S/C17H23FO3/c1-2-3-4-5-6-9-21-13-15-10-14(7-8-17(19)20)11-16(18)12-15/h7-8,10-12H,2-6,9,13H2,1H3,(H,19,20). The lowest BCUT2D eigenvalue weighted by atomic mass is 10.1. The average molecular weight is 294 g/mol. The molecule has 0 aliphatic carbocycles. The first-order chi connectivity index (χ1) is 10.1. The van der Waals surface area contributed by atoms with Gasteiger partial charge in [-0.15, -0.1) is 0 Å². The van der Waals surface area contributed by atoms with Crippen LogP contribution in [0.5, 0.6) is 0 Å². The molecule has 0 amide bonds. The van der Waals surface area contributed by atoms with Crippen molar-refractivity contribution >= 4 is 12.0 Å². The van der Waals surface area contributed by atoms with Crippen LogP contribution in [0, 0.1) is 5.82 Å². The molecular weight excluding hydrogens is 271 g/mol. The SMILES string of the molecule is CCCCCCCOCc1cc(F)cc(C=CC(=O)O)c1. The topological polar surface area (TPSA) is 46.5 Å². The highest BCUT2D eigenvalue weighted by molar-refractivity contribution is 5.85. The van der Waals surface area contributed by atoms with Crippen LogP contribution in [0.3, 0.4) is 0 Å². The number of benzene rings is 1. The van der Waals surface area contributed by atoms with Crippen LogP contribution in [0.2, 0.25) is 0 Å². The monoisotopic (exact) mass is 294 g/mol. The number of carboxylic acid groups (broad SMARTS) is 1. The molecule has 0 atom stereocenters. The Balaban J connectivity index is 2.39. The molecule has 1 rings (SSSR count). The summed E-state index contributed by atoms with van der Waals surface area (Å²) in [6.45, 7) is 3.19. The first-order valence-electron chi connectivity index (χ1n) is 7.40. The van der Waals surface area contributed by atoms with Gasteiger partial charge in [-0.25, -0.2) is 9.18 Å². The third-order valence-electron chi connectivity index (χ3n) is 3.06. The second-order valence-electron chi connectivity index (χ2n) is 5.03. The summed E-state index contributed by atoms with van der Waals surface area (Å²) in [6.07, 6.45) is 8.24. The lowest BCUT2D eigenvalue weighted by Crippen LogP contribution is -1.97. The summed E-state index contributed by atoms with van der Waals surface area (Å²) in [5.74, 6) is -1.44. The van der Waals surface area contributed by atoms with E-state index in [1.54, 1.807) is 6.07 Å². The fraction of sp³-hybridized carbons (Fsp3) is 0.471.